The first-order valence-electron chi connectivity index (χ1n) is 8.06. The molecule has 0 fully saturated rings. The van der Waals surface area contributed by atoms with Gasteiger partial charge in [-0.3, -0.25) is 0 Å². The molecule has 0 saturated carbocycles. The Labute approximate surface area is 129 Å². The van der Waals surface area contributed by atoms with Crippen LogP contribution in [0.15, 0.2) is 6.07 Å². The molecule has 21 heavy (non-hydrogen) atoms. The van der Waals surface area contributed by atoms with E-state index in [9.17, 15) is 0 Å². The second-order valence-electron chi connectivity index (χ2n) is 5.22. The van der Waals surface area contributed by atoms with Crippen molar-refractivity contribution < 1.29 is 4.74 Å². The molecule has 1 aromatic heterocycles. The lowest BCUT2D eigenvalue weighted by Gasteiger charge is -2.30. The molecule has 1 unspecified atom stereocenters. The molecule has 1 N–H and O–H groups in total. The average molecular weight is 294 g/mol. The molecule has 0 aliphatic heterocycles. The highest BCUT2D eigenvalue weighted by molar-refractivity contribution is 5.49. The summed E-state index contributed by atoms with van der Waals surface area (Å²) in [6, 6.07) is 2.49. The molecule has 1 atom stereocenters. The zero-order chi connectivity index (χ0) is 15.7. The van der Waals surface area contributed by atoms with Gasteiger partial charge >= 0.3 is 0 Å². The number of unbranched alkanes of at least 4 members (excludes halogenated alkanes) is 1. The maximum Gasteiger partial charge on any atom is 0.158 e. The third-order valence-corrected chi connectivity index (χ3v) is 3.62. The van der Waals surface area contributed by atoms with Gasteiger partial charge in [0.2, 0.25) is 0 Å². The lowest BCUT2D eigenvalue weighted by Crippen LogP contribution is -2.34. The van der Waals surface area contributed by atoms with Gasteiger partial charge in [-0.05, 0) is 26.7 Å². The van der Waals surface area contributed by atoms with Crippen molar-refractivity contribution in [1.29, 1.82) is 0 Å². The van der Waals surface area contributed by atoms with Crippen LogP contribution < -0.4 is 10.2 Å². The number of anilines is 2. The highest BCUT2D eigenvalue weighted by Gasteiger charge is 2.16. The maximum absolute atomic E-state index is 5.45. The van der Waals surface area contributed by atoms with Crippen LogP contribution >= 0.6 is 0 Å². The monoisotopic (exact) mass is 294 g/mol. The number of hydrogen-bond donors (Lipinski definition) is 1. The van der Waals surface area contributed by atoms with Gasteiger partial charge in [0.15, 0.2) is 5.82 Å². The van der Waals surface area contributed by atoms with E-state index >= 15 is 0 Å². The molecule has 5 nitrogen and oxygen atoms in total. The van der Waals surface area contributed by atoms with Gasteiger partial charge in [-0.2, -0.15) is 0 Å². The molecule has 0 bridgehead atoms. The molecule has 0 saturated heterocycles. The Morgan fingerprint density at radius 1 is 1.29 bits per heavy atom. The first kappa shape index (κ1) is 17.7. The summed E-state index contributed by atoms with van der Waals surface area (Å²) >= 11 is 0. The first-order chi connectivity index (χ1) is 10.2. The fraction of sp³-hybridized carbons (Fsp3) is 0.750. The number of rotatable bonds is 10. The van der Waals surface area contributed by atoms with E-state index < -0.39 is 0 Å². The molecule has 120 valence electrons. The second-order valence-corrected chi connectivity index (χ2v) is 5.22. The van der Waals surface area contributed by atoms with Crippen molar-refractivity contribution in [1.82, 2.24) is 9.97 Å². The largest absolute Gasteiger partial charge is 0.374 e. The van der Waals surface area contributed by atoms with Gasteiger partial charge in [-0.1, -0.05) is 20.3 Å². The van der Waals surface area contributed by atoms with Crippen molar-refractivity contribution in [2.75, 3.05) is 30.4 Å². The van der Waals surface area contributed by atoms with Gasteiger partial charge in [0.25, 0.3) is 0 Å². The third-order valence-electron chi connectivity index (χ3n) is 3.62. The summed E-state index contributed by atoms with van der Waals surface area (Å²) in [6.07, 6.45) is 3.45. The van der Waals surface area contributed by atoms with Crippen molar-refractivity contribution in [2.45, 2.75) is 59.6 Å². The SMILES string of the molecule is CCCCN(c1cc(NC)nc(COCC)n1)C(C)CC. The molecular weight excluding hydrogens is 264 g/mol. The van der Waals surface area contributed by atoms with Crippen molar-refractivity contribution in [2.24, 2.45) is 0 Å². The number of nitrogens with one attached hydrogen (secondary N) is 1. The minimum atomic E-state index is 0.459. The average Bonchev–Trinajstić information content (AvgIpc) is 2.52. The Hall–Kier alpha value is -1.36. The van der Waals surface area contributed by atoms with Gasteiger partial charge < -0.3 is 15.0 Å². The summed E-state index contributed by atoms with van der Waals surface area (Å²) in [5.74, 6) is 2.58. The van der Waals surface area contributed by atoms with E-state index in [1.54, 1.807) is 0 Å². The molecule has 1 aromatic rings. The van der Waals surface area contributed by atoms with Gasteiger partial charge in [0.1, 0.15) is 18.2 Å². The van der Waals surface area contributed by atoms with Crippen LogP contribution in [-0.2, 0) is 11.3 Å². The van der Waals surface area contributed by atoms with Crippen LogP contribution in [0, 0.1) is 0 Å². The Balaban J connectivity index is 3.03. The van der Waals surface area contributed by atoms with Gasteiger partial charge in [0, 0.05) is 32.3 Å². The number of aromatic nitrogens is 2. The van der Waals surface area contributed by atoms with Crippen LogP contribution in [0.3, 0.4) is 0 Å². The second kappa shape index (κ2) is 9.55. The molecule has 1 rings (SSSR count). The maximum atomic E-state index is 5.45. The quantitative estimate of drug-likeness (QED) is 0.716. The molecule has 0 radical (unpaired) electrons. The number of ether oxygens (including phenoxy) is 1. The van der Waals surface area contributed by atoms with Crippen LogP contribution in [0.25, 0.3) is 0 Å². The van der Waals surface area contributed by atoms with Crippen molar-refractivity contribution in [3.8, 4) is 0 Å². The smallest absolute Gasteiger partial charge is 0.158 e. The predicted octanol–water partition coefficient (Wildman–Crippen LogP) is 3.46. The third kappa shape index (κ3) is 5.50. The van der Waals surface area contributed by atoms with Gasteiger partial charge in [-0.15, -0.1) is 0 Å². The molecule has 0 aromatic carbocycles. The van der Waals surface area contributed by atoms with E-state index in [1.807, 2.05) is 20.0 Å². The van der Waals surface area contributed by atoms with E-state index in [4.69, 9.17) is 9.72 Å². The van der Waals surface area contributed by atoms with E-state index in [0.717, 1.165) is 30.4 Å². The Bertz CT molecular complexity index is 411. The highest BCUT2D eigenvalue weighted by Crippen LogP contribution is 2.20. The minimum Gasteiger partial charge on any atom is -0.374 e. The predicted molar refractivity (Wildman–Crippen MR) is 88.9 cm³/mol. The first-order valence-corrected chi connectivity index (χ1v) is 8.06. The fourth-order valence-electron chi connectivity index (χ4n) is 2.13. The summed E-state index contributed by atoms with van der Waals surface area (Å²) in [5.41, 5.74) is 0. The topological polar surface area (TPSA) is 50.3 Å². The lowest BCUT2D eigenvalue weighted by molar-refractivity contribution is 0.128. The zero-order valence-corrected chi connectivity index (χ0v) is 14.1. The summed E-state index contributed by atoms with van der Waals surface area (Å²) in [6.45, 7) is 10.8. The molecular formula is C16H30N4O. The van der Waals surface area contributed by atoms with Crippen LogP contribution in [-0.4, -0.2) is 36.2 Å². The Morgan fingerprint density at radius 3 is 2.62 bits per heavy atom. The molecule has 0 spiro atoms. The Morgan fingerprint density at radius 2 is 2.05 bits per heavy atom. The molecule has 0 amide bonds. The lowest BCUT2D eigenvalue weighted by atomic mass is 10.2. The van der Waals surface area contributed by atoms with E-state index in [-0.39, 0.29) is 0 Å². The standard InChI is InChI=1S/C16H30N4O/c1-6-9-10-20(13(4)7-2)16-11-14(17-5)18-15(19-16)12-21-8-3/h11,13H,6-10,12H2,1-5H3,(H,17,18,19). The summed E-state index contributed by atoms with van der Waals surface area (Å²) in [7, 11) is 1.89. The normalized spacial score (nSPS) is 12.2. The van der Waals surface area contributed by atoms with E-state index in [1.165, 1.54) is 12.8 Å². The highest BCUT2D eigenvalue weighted by atomic mass is 16.5. The summed E-state index contributed by atoms with van der Waals surface area (Å²) in [4.78, 5) is 11.5. The van der Waals surface area contributed by atoms with Crippen molar-refractivity contribution in [3.05, 3.63) is 11.9 Å². The van der Waals surface area contributed by atoms with Crippen LogP contribution in [0.5, 0.6) is 0 Å². The van der Waals surface area contributed by atoms with Gasteiger partial charge in [-0.25, -0.2) is 9.97 Å². The fourth-order valence-corrected chi connectivity index (χ4v) is 2.13. The molecule has 0 aliphatic carbocycles. The van der Waals surface area contributed by atoms with Crippen molar-refractivity contribution in [3.63, 3.8) is 0 Å². The minimum absolute atomic E-state index is 0.459. The zero-order valence-electron chi connectivity index (χ0n) is 14.1. The summed E-state index contributed by atoms with van der Waals surface area (Å²) < 4.78 is 5.45. The summed E-state index contributed by atoms with van der Waals surface area (Å²) in [5, 5.41) is 3.12. The Kier molecular flexibility index (Phi) is 8.05. The van der Waals surface area contributed by atoms with Gasteiger partial charge in [0.05, 0.1) is 0 Å². The molecule has 1 heterocycles. The number of nitrogens with zero attached hydrogens (tertiary/aromatic N) is 3. The van der Waals surface area contributed by atoms with Crippen molar-refractivity contribution >= 4 is 11.6 Å². The molecule has 5 heteroatoms. The number of hydrogen-bond acceptors (Lipinski definition) is 5. The van der Waals surface area contributed by atoms with E-state index in [0.29, 0.717) is 19.3 Å². The van der Waals surface area contributed by atoms with Crippen LogP contribution in [0.2, 0.25) is 0 Å². The molecule has 0 aliphatic rings. The van der Waals surface area contributed by atoms with Crippen LogP contribution in [0.4, 0.5) is 11.6 Å². The van der Waals surface area contributed by atoms with Crippen LogP contribution in [0.1, 0.15) is 52.8 Å². The van der Waals surface area contributed by atoms with E-state index in [2.05, 4.69) is 36.0 Å².